The molecular formula is C19H20ClN3O4S. The first-order valence-electron chi connectivity index (χ1n) is 8.64. The zero-order valence-electron chi connectivity index (χ0n) is 15.5. The van der Waals surface area contributed by atoms with Gasteiger partial charge in [0.15, 0.2) is 0 Å². The van der Waals surface area contributed by atoms with Crippen molar-refractivity contribution in [2.75, 3.05) is 30.9 Å². The fourth-order valence-corrected chi connectivity index (χ4v) is 4.08. The van der Waals surface area contributed by atoms with Gasteiger partial charge in [-0.25, -0.2) is 12.7 Å². The van der Waals surface area contributed by atoms with Gasteiger partial charge >= 0.3 is 0 Å². The monoisotopic (exact) mass is 421 g/mol. The summed E-state index contributed by atoms with van der Waals surface area (Å²) in [6, 6.07) is 10.7. The number of amides is 2. The van der Waals surface area contributed by atoms with Crippen LogP contribution < -0.4 is 10.2 Å². The maximum absolute atomic E-state index is 12.9. The number of rotatable bonds is 5. The molecule has 0 radical (unpaired) electrons. The predicted octanol–water partition coefficient (Wildman–Crippen LogP) is 2.97. The molecule has 9 heteroatoms. The number of carbonyl (C=O) groups is 2. The van der Waals surface area contributed by atoms with E-state index in [0.717, 1.165) is 10.7 Å². The normalized spacial score (nSPS) is 14.6. The summed E-state index contributed by atoms with van der Waals surface area (Å²) in [6.07, 6.45) is 1.15. The van der Waals surface area contributed by atoms with Crippen LogP contribution in [0.25, 0.3) is 0 Å². The molecule has 2 aromatic rings. The van der Waals surface area contributed by atoms with E-state index in [1.807, 2.05) is 0 Å². The van der Waals surface area contributed by atoms with E-state index < -0.39 is 15.9 Å². The van der Waals surface area contributed by atoms with Gasteiger partial charge in [0.1, 0.15) is 0 Å². The van der Waals surface area contributed by atoms with Crippen LogP contribution in [-0.2, 0) is 14.8 Å². The molecule has 1 saturated heterocycles. The van der Waals surface area contributed by atoms with Crippen molar-refractivity contribution in [2.45, 2.75) is 17.7 Å². The van der Waals surface area contributed by atoms with Crippen LogP contribution in [0.15, 0.2) is 47.4 Å². The Hall–Kier alpha value is -2.42. The highest BCUT2D eigenvalue weighted by Crippen LogP contribution is 2.29. The summed E-state index contributed by atoms with van der Waals surface area (Å²) in [5.74, 6) is -0.513. The molecule has 1 aliphatic rings. The molecular weight excluding hydrogens is 402 g/mol. The SMILES string of the molecule is CN(C)S(=O)(=O)c1cccc(NC(=O)c2ccc(Cl)cc2N2CCCC2=O)c1. The Kier molecular flexibility index (Phi) is 5.74. The van der Waals surface area contributed by atoms with Crippen molar-refractivity contribution in [3.63, 3.8) is 0 Å². The molecule has 1 aliphatic heterocycles. The minimum atomic E-state index is -3.62. The molecule has 0 atom stereocenters. The first kappa shape index (κ1) is 20.3. The lowest BCUT2D eigenvalue weighted by molar-refractivity contribution is -0.117. The third-order valence-electron chi connectivity index (χ3n) is 4.44. The quantitative estimate of drug-likeness (QED) is 0.804. The fraction of sp³-hybridized carbons (Fsp3) is 0.263. The molecule has 148 valence electrons. The number of anilines is 2. The van der Waals surface area contributed by atoms with Gasteiger partial charge in [-0.3, -0.25) is 9.59 Å². The van der Waals surface area contributed by atoms with Crippen molar-refractivity contribution >= 4 is 44.8 Å². The van der Waals surface area contributed by atoms with Crippen molar-refractivity contribution in [3.8, 4) is 0 Å². The third-order valence-corrected chi connectivity index (χ3v) is 6.49. The average molecular weight is 422 g/mol. The zero-order chi connectivity index (χ0) is 20.5. The maximum Gasteiger partial charge on any atom is 0.257 e. The second-order valence-corrected chi connectivity index (χ2v) is 9.17. The molecule has 2 amide bonds. The van der Waals surface area contributed by atoms with Crippen molar-refractivity contribution < 1.29 is 18.0 Å². The van der Waals surface area contributed by atoms with Crippen molar-refractivity contribution in [2.24, 2.45) is 0 Å². The number of halogens is 1. The molecule has 0 aliphatic carbocycles. The van der Waals surface area contributed by atoms with Crippen molar-refractivity contribution in [1.29, 1.82) is 0 Å². The number of carbonyl (C=O) groups excluding carboxylic acids is 2. The highest BCUT2D eigenvalue weighted by Gasteiger charge is 2.26. The Morgan fingerprint density at radius 2 is 1.93 bits per heavy atom. The summed E-state index contributed by atoms with van der Waals surface area (Å²) < 4.78 is 25.7. The first-order valence-corrected chi connectivity index (χ1v) is 10.5. The first-order chi connectivity index (χ1) is 13.2. The highest BCUT2D eigenvalue weighted by atomic mass is 35.5. The van der Waals surface area contributed by atoms with Crippen LogP contribution in [0.4, 0.5) is 11.4 Å². The van der Waals surface area contributed by atoms with E-state index in [0.29, 0.717) is 34.9 Å². The van der Waals surface area contributed by atoms with E-state index in [1.54, 1.807) is 35.2 Å². The number of hydrogen-bond acceptors (Lipinski definition) is 4. The van der Waals surface area contributed by atoms with E-state index >= 15 is 0 Å². The molecule has 0 unspecified atom stereocenters. The number of sulfonamides is 1. The topological polar surface area (TPSA) is 86.8 Å². The number of benzene rings is 2. The number of nitrogens with zero attached hydrogens (tertiary/aromatic N) is 2. The van der Waals surface area contributed by atoms with Gasteiger partial charge in [0.05, 0.1) is 16.1 Å². The number of hydrogen-bond donors (Lipinski definition) is 1. The average Bonchev–Trinajstić information content (AvgIpc) is 3.07. The maximum atomic E-state index is 12.9. The van der Waals surface area contributed by atoms with Crippen LogP contribution >= 0.6 is 11.6 Å². The lowest BCUT2D eigenvalue weighted by atomic mass is 10.1. The third kappa shape index (κ3) is 4.04. The minimum Gasteiger partial charge on any atom is -0.322 e. The Labute approximate surface area is 168 Å². The van der Waals surface area contributed by atoms with Gasteiger partial charge in [-0.1, -0.05) is 17.7 Å². The van der Waals surface area contributed by atoms with Gasteiger partial charge in [0.25, 0.3) is 5.91 Å². The van der Waals surface area contributed by atoms with Crippen molar-refractivity contribution in [1.82, 2.24) is 4.31 Å². The lowest BCUT2D eigenvalue weighted by Crippen LogP contribution is -2.27. The van der Waals surface area contributed by atoms with Crippen LogP contribution in [0.5, 0.6) is 0 Å². The zero-order valence-corrected chi connectivity index (χ0v) is 17.0. The van der Waals surface area contributed by atoms with Crippen LogP contribution in [0.2, 0.25) is 5.02 Å². The standard InChI is InChI=1S/C19H20ClN3O4S/c1-22(2)28(26,27)15-6-3-5-14(12-15)21-19(25)16-9-8-13(20)11-17(16)23-10-4-7-18(23)24/h3,5-6,8-9,11-12H,4,7,10H2,1-2H3,(H,21,25). The largest absolute Gasteiger partial charge is 0.322 e. The lowest BCUT2D eigenvalue weighted by Gasteiger charge is -2.20. The van der Waals surface area contributed by atoms with Crippen LogP contribution in [0.1, 0.15) is 23.2 Å². The summed E-state index contributed by atoms with van der Waals surface area (Å²) in [6.45, 7) is 0.524. The fourth-order valence-electron chi connectivity index (χ4n) is 2.97. The molecule has 0 bridgehead atoms. The van der Waals surface area contributed by atoms with E-state index in [1.165, 1.54) is 26.2 Å². The van der Waals surface area contributed by atoms with Crippen LogP contribution in [0.3, 0.4) is 0 Å². The van der Waals surface area contributed by atoms with Crippen LogP contribution in [-0.4, -0.2) is 45.2 Å². The van der Waals surface area contributed by atoms with E-state index in [2.05, 4.69) is 5.32 Å². The van der Waals surface area contributed by atoms with E-state index in [4.69, 9.17) is 11.6 Å². The number of nitrogens with one attached hydrogen (secondary N) is 1. The Morgan fingerprint density at radius 1 is 1.18 bits per heavy atom. The Bertz CT molecular complexity index is 1040. The molecule has 3 rings (SSSR count). The summed E-state index contributed by atoms with van der Waals surface area (Å²) in [7, 11) is -0.746. The summed E-state index contributed by atoms with van der Waals surface area (Å²) in [4.78, 5) is 26.6. The molecule has 0 aromatic heterocycles. The second kappa shape index (κ2) is 7.90. The molecule has 1 fully saturated rings. The summed E-state index contributed by atoms with van der Waals surface area (Å²) in [5.41, 5.74) is 1.08. The molecule has 0 saturated carbocycles. The predicted molar refractivity (Wildman–Crippen MR) is 108 cm³/mol. The molecule has 0 spiro atoms. The highest BCUT2D eigenvalue weighted by molar-refractivity contribution is 7.89. The Morgan fingerprint density at radius 3 is 2.57 bits per heavy atom. The van der Waals surface area contributed by atoms with Gasteiger partial charge in [-0.05, 0) is 42.8 Å². The molecule has 28 heavy (non-hydrogen) atoms. The van der Waals surface area contributed by atoms with E-state index in [-0.39, 0.29) is 10.8 Å². The minimum absolute atomic E-state index is 0.0598. The Balaban J connectivity index is 1.92. The summed E-state index contributed by atoms with van der Waals surface area (Å²) >= 11 is 6.07. The molecule has 2 aromatic carbocycles. The second-order valence-electron chi connectivity index (χ2n) is 6.58. The smallest absolute Gasteiger partial charge is 0.257 e. The summed E-state index contributed by atoms with van der Waals surface area (Å²) in [5, 5.41) is 3.13. The van der Waals surface area contributed by atoms with Gasteiger partial charge in [0, 0.05) is 37.8 Å². The van der Waals surface area contributed by atoms with Crippen molar-refractivity contribution in [3.05, 3.63) is 53.1 Å². The molecule has 7 nitrogen and oxygen atoms in total. The van der Waals surface area contributed by atoms with Crippen LogP contribution in [0, 0.1) is 0 Å². The van der Waals surface area contributed by atoms with Gasteiger partial charge in [-0.2, -0.15) is 0 Å². The van der Waals surface area contributed by atoms with Gasteiger partial charge in [-0.15, -0.1) is 0 Å². The van der Waals surface area contributed by atoms with E-state index in [9.17, 15) is 18.0 Å². The molecule has 1 heterocycles. The van der Waals surface area contributed by atoms with Gasteiger partial charge < -0.3 is 10.2 Å². The van der Waals surface area contributed by atoms with Gasteiger partial charge in [0.2, 0.25) is 15.9 Å². The molecule has 1 N–H and O–H groups in total.